The number of guanidine groups is 1. The smallest absolute Gasteiger partial charge is 0.191 e. The number of aromatic nitrogens is 1. The van der Waals surface area contributed by atoms with E-state index in [1.165, 1.54) is 12.1 Å². The van der Waals surface area contributed by atoms with Gasteiger partial charge in [-0.15, -0.1) is 35.3 Å². The van der Waals surface area contributed by atoms with Gasteiger partial charge in [-0.05, 0) is 24.3 Å². The molecule has 0 bridgehead atoms. The molecule has 0 amide bonds. The summed E-state index contributed by atoms with van der Waals surface area (Å²) in [5, 5.41) is 3.00. The van der Waals surface area contributed by atoms with Crippen molar-refractivity contribution in [1.82, 2.24) is 9.88 Å². The van der Waals surface area contributed by atoms with Gasteiger partial charge < -0.3 is 15.5 Å². The lowest BCUT2D eigenvalue weighted by Crippen LogP contribution is -2.51. The molecule has 1 fully saturated rings. The van der Waals surface area contributed by atoms with Crippen molar-refractivity contribution >= 4 is 47.0 Å². The van der Waals surface area contributed by atoms with Gasteiger partial charge in [0.2, 0.25) is 0 Å². The van der Waals surface area contributed by atoms with Gasteiger partial charge in [-0.3, -0.25) is 0 Å². The van der Waals surface area contributed by atoms with E-state index in [1.807, 2.05) is 30.3 Å². The Kier molecular flexibility index (Phi) is 7.43. The third-order valence-electron chi connectivity index (χ3n) is 4.79. The fraction of sp³-hybridized carbons (Fsp3) is 0.238. The van der Waals surface area contributed by atoms with Crippen LogP contribution in [0.3, 0.4) is 0 Å². The van der Waals surface area contributed by atoms with Crippen molar-refractivity contribution in [3.63, 3.8) is 0 Å². The molecule has 0 unspecified atom stereocenters. The molecule has 8 heteroatoms. The zero-order chi connectivity index (χ0) is 19.3. The van der Waals surface area contributed by atoms with Gasteiger partial charge >= 0.3 is 0 Å². The second-order valence-corrected chi connectivity index (χ2v) is 7.56. The van der Waals surface area contributed by atoms with Crippen molar-refractivity contribution in [2.45, 2.75) is 6.54 Å². The molecule has 152 valence electrons. The van der Waals surface area contributed by atoms with E-state index < -0.39 is 0 Å². The van der Waals surface area contributed by atoms with Crippen LogP contribution in [0.15, 0.2) is 65.0 Å². The molecule has 2 heterocycles. The molecule has 3 aromatic rings. The average Bonchev–Trinajstić information content (AvgIpc) is 3.22. The second kappa shape index (κ2) is 10.0. The molecule has 1 saturated heterocycles. The van der Waals surface area contributed by atoms with E-state index in [0.717, 1.165) is 48.1 Å². The van der Waals surface area contributed by atoms with Gasteiger partial charge in [0.25, 0.3) is 0 Å². The molecule has 0 radical (unpaired) electrons. The van der Waals surface area contributed by atoms with E-state index >= 15 is 0 Å². The Labute approximate surface area is 191 Å². The lowest BCUT2D eigenvalue weighted by atomic mass is 10.2. The Bertz CT molecular complexity index is 937. The highest BCUT2D eigenvalue weighted by molar-refractivity contribution is 14.0. The normalized spacial score (nSPS) is 14.6. The summed E-state index contributed by atoms with van der Waals surface area (Å²) in [6.07, 6.45) is 0. The molecular formula is C21H23FIN5S. The second-order valence-electron chi connectivity index (χ2n) is 6.62. The van der Waals surface area contributed by atoms with E-state index in [0.29, 0.717) is 12.5 Å². The van der Waals surface area contributed by atoms with Gasteiger partial charge in [0.1, 0.15) is 10.8 Å². The molecule has 29 heavy (non-hydrogen) atoms. The maximum atomic E-state index is 13.1. The number of thiazole rings is 1. The number of hydrogen-bond acceptors (Lipinski definition) is 4. The highest BCUT2D eigenvalue weighted by Gasteiger charge is 2.18. The standard InChI is InChI=1S/C21H22FN5S.HI/c22-17-6-8-18(9-7-17)26-10-12-27(13-11-26)21(23)24-14-20-25-19(15-28-20)16-4-2-1-3-5-16;/h1-9,15H,10-14H2,(H2,23,24);1H. The van der Waals surface area contributed by atoms with Crippen molar-refractivity contribution in [3.8, 4) is 11.3 Å². The number of halogens is 2. The van der Waals surface area contributed by atoms with Crippen LogP contribution in [0.1, 0.15) is 5.01 Å². The van der Waals surface area contributed by atoms with Crippen LogP contribution >= 0.6 is 35.3 Å². The van der Waals surface area contributed by atoms with E-state index in [-0.39, 0.29) is 29.8 Å². The number of aliphatic imine (C=N–C) groups is 1. The predicted octanol–water partition coefficient (Wildman–Crippen LogP) is 4.20. The molecule has 0 aliphatic carbocycles. The van der Waals surface area contributed by atoms with Crippen LogP contribution < -0.4 is 10.6 Å². The summed E-state index contributed by atoms with van der Waals surface area (Å²) in [4.78, 5) is 13.5. The number of nitrogens with zero attached hydrogens (tertiary/aromatic N) is 4. The lowest BCUT2D eigenvalue weighted by molar-refractivity contribution is 0.380. The molecule has 0 spiro atoms. The number of benzene rings is 2. The third kappa shape index (κ3) is 5.45. The molecule has 1 aliphatic rings. The van der Waals surface area contributed by atoms with Crippen molar-refractivity contribution in [3.05, 3.63) is 70.8 Å². The summed E-state index contributed by atoms with van der Waals surface area (Å²) in [5.74, 6) is 0.339. The minimum absolute atomic E-state index is 0. The number of hydrogen-bond donors (Lipinski definition) is 1. The summed E-state index contributed by atoms with van der Waals surface area (Å²) < 4.78 is 13.1. The Morgan fingerprint density at radius 3 is 2.41 bits per heavy atom. The van der Waals surface area contributed by atoms with Gasteiger partial charge in [-0.25, -0.2) is 14.4 Å². The Morgan fingerprint density at radius 1 is 1.03 bits per heavy atom. The van der Waals surface area contributed by atoms with Crippen LogP contribution in [-0.4, -0.2) is 42.0 Å². The van der Waals surface area contributed by atoms with Crippen molar-refractivity contribution in [2.24, 2.45) is 10.7 Å². The maximum absolute atomic E-state index is 13.1. The van der Waals surface area contributed by atoms with Crippen LogP contribution in [0.4, 0.5) is 10.1 Å². The predicted molar refractivity (Wildman–Crippen MR) is 128 cm³/mol. The fourth-order valence-corrected chi connectivity index (χ4v) is 3.95. The van der Waals surface area contributed by atoms with E-state index in [1.54, 1.807) is 11.3 Å². The van der Waals surface area contributed by atoms with Gasteiger partial charge in [-0.2, -0.15) is 0 Å². The van der Waals surface area contributed by atoms with E-state index in [9.17, 15) is 4.39 Å². The molecule has 1 aromatic heterocycles. The monoisotopic (exact) mass is 523 g/mol. The van der Waals surface area contributed by atoms with Crippen LogP contribution in [0.2, 0.25) is 0 Å². The molecule has 5 nitrogen and oxygen atoms in total. The van der Waals surface area contributed by atoms with Crippen LogP contribution in [0, 0.1) is 5.82 Å². The minimum atomic E-state index is -0.212. The average molecular weight is 523 g/mol. The van der Waals surface area contributed by atoms with E-state index in [2.05, 4.69) is 37.3 Å². The quantitative estimate of drug-likeness (QED) is 0.317. The first-order valence-electron chi connectivity index (χ1n) is 9.24. The van der Waals surface area contributed by atoms with Crippen molar-refractivity contribution in [2.75, 3.05) is 31.1 Å². The highest BCUT2D eigenvalue weighted by atomic mass is 127. The summed E-state index contributed by atoms with van der Waals surface area (Å²) in [6.45, 7) is 3.73. The molecule has 4 rings (SSSR count). The topological polar surface area (TPSA) is 57.8 Å². The Balaban J connectivity index is 0.00000240. The maximum Gasteiger partial charge on any atom is 0.191 e. The van der Waals surface area contributed by atoms with Crippen LogP contribution in [-0.2, 0) is 6.54 Å². The first-order chi connectivity index (χ1) is 13.7. The largest absolute Gasteiger partial charge is 0.370 e. The zero-order valence-electron chi connectivity index (χ0n) is 15.9. The first kappa shape index (κ1) is 21.5. The summed E-state index contributed by atoms with van der Waals surface area (Å²) in [5.41, 5.74) is 9.32. The number of anilines is 1. The minimum Gasteiger partial charge on any atom is -0.370 e. The zero-order valence-corrected chi connectivity index (χ0v) is 19.0. The summed E-state index contributed by atoms with van der Waals surface area (Å²) >= 11 is 1.60. The third-order valence-corrected chi connectivity index (χ3v) is 5.63. The Morgan fingerprint density at radius 2 is 1.72 bits per heavy atom. The summed E-state index contributed by atoms with van der Waals surface area (Å²) in [6, 6.07) is 16.7. The summed E-state index contributed by atoms with van der Waals surface area (Å²) in [7, 11) is 0. The molecule has 2 N–H and O–H groups in total. The van der Waals surface area contributed by atoms with Gasteiger partial charge in [0.05, 0.1) is 12.2 Å². The van der Waals surface area contributed by atoms with Crippen LogP contribution in [0.25, 0.3) is 11.3 Å². The lowest BCUT2D eigenvalue weighted by Gasteiger charge is -2.36. The molecule has 0 atom stereocenters. The number of nitrogens with two attached hydrogens (primary N) is 1. The highest BCUT2D eigenvalue weighted by Crippen LogP contribution is 2.22. The number of rotatable bonds is 4. The SMILES string of the molecule is I.NC(=NCc1nc(-c2ccccc2)cs1)N1CCN(c2ccc(F)cc2)CC1. The molecular weight excluding hydrogens is 500 g/mol. The van der Waals surface area contributed by atoms with Crippen molar-refractivity contribution < 1.29 is 4.39 Å². The van der Waals surface area contributed by atoms with Gasteiger partial charge in [-0.1, -0.05) is 30.3 Å². The first-order valence-corrected chi connectivity index (χ1v) is 10.1. The molecule has 1 aliphatic heterocycles. The Hall–Kier alpha value is -2.20. The van der Waals surface area contributed by atoms with E-state index in [4.69, 9.17) is 5.73 Å². The van der Waals surface area contributed by atoms with Gasteiger partial charge in [0.15, 0.2) is 5.96 Å². The van der Waals surface area contributed by atoms with Gasteiger partial charge in [0, 0.05) is 42.8 Å². The number of piperazine rings is 1. The van der Waals surface area contributed by atoms with Crippen molar-refractivity contribution in [1.29, 1.82) is 0 Å². The molecule has 0 saturated carbocycles. The fourth-order valence-electron chi connectivity index (χ4n) is 3.22. The molecule has 2 aromatic carbocycles. The van der Waals surface area contributed by atoms with Crippen LogP contribution in [0.5, 0.6) is 0 Å².